The molecule has 0 spiro atoms. The fraction of sp³-hybridized carbons (Fsp3) is 0.375. The molecule has 3 amide bonds. The van der Waals surface area contributed by atoms with Crippen molar-refractivity contribution in [1.82, 2.24) is 14.9 Å². The minimum Gasteiger partial charge on any atom is -0.324 e. The number of nitrogens with zero attached hydrogens (tertiary/aromatic N) is 3. The van der Waals surface area contributed by atoms with Crippen molar-refractivity contribution in [3.05, 3.63) is 35.6 Å². The van der Waals surface area contributed by atoms with Crippen molar-refractivity contribution >= 4 is 34.1 Å². The molecule has 2 aromatic rings. The number of nitrogens with one attached hydrogen (secondary N) is 2. The summed E-state index contributed by atoms with van der Waals surface area (Å²) in [7, 11) is 0. The summed E-state index contributed by atoms with van der Waals surface area (Å²) in [5, 5.41) is 8.17. The number of carbonyl (C=O) groups excluding carboxylic acids is 2. The number of pyridine rings is 1. The molecule has 24 heavy (non-hydrogen) atoms. The third-order valence-electron chi connectivity index (χ3n) is 3.86. The number of rotatable bonds is 3. The van der Waals surface area contributed by atoms with E-state index in [1.807, 2.05) is 12.3 Å². The lowest BCUT2D eigenvalue weighted by atomic mass is 9.97. The van der Waals surface area contributed by atoms with Crippen LogP contribution in [-0.2, 0) is 4.79 Å². The SMILES string of the molecule is Cc1csc(NC(=O)C2CCCN(C(=O)Nc3ccncc3)C2)n1. The first kappa shape index (κ1) is 16.4. The van der Waals surface area contributed by atoms with Crippen molar-refractivity contribution in [3.63, 3.8) is 0 Å². The zero-order valence-electron chi connectivity index (χ0n) is 13.4. The summed E-state index contributed by atoms with van der Waals surface area (Å²) in [5.41, 5.74) is 1.58. The standard InChI is InChI=1S/C16H19N5O2S/c1-11-10-24-15(18-11)20-14(22)12-3-2-8-21(9-12)16(23)19-13-4-6-17-7-5-13/h4-7,10,12H,2-3,8-9H2,1H3,(H,17,19,23)(H,18,20,22). The Bertz CT molecular complexity index is 718. The topological polar surface area (TPSA) is 87.2 Å². The normalized spacial score (nSPS) is 17.4. The molecular weight excluding hydrogens is 326 g/mol. The molecule has 2 N–H and O–H groups in total. The first-order valence-electron chi connectivity index (χ1n) is 7.81. The summed E-state index contributed by atoms with van der Waals surface area (Å²) in [4.78, 5) is 34.6. The summed E-state index contributed by atoms with van der Waals surface area (Å²) in [6.45, 7) is 2.95. The highest BCUT2D eigenvalue weighted by molar-refractivity contribution is 7.13. The van der Waals surface area contributed by atoms with Crippen LogP contribution < -0.4 is 10.6 Å². The molecule has 0 radical (unpaired) electrons. The van der Waals surface area contributed by atoms with Crippen molar-refractivity contribution in [2.75, 3.05) is 23.7 Å². The first-order chi connectivity index (χ1) is 11.6. The van der Waals surface area contributed by atoms with E-state index in [2.05, 4.69) is 20.6 Å². The lowest BCUT2D eigenvalue weighted by molar-refractivity contribution is -0.121. The molecule has 0 saturated carbocycles. The number of amides is 3. The maximum absolute atomic E-state index is 12.4. The molecule has 0 aliphatic carbocycles. The largest absolute Gasteiger partial charge is 0.324 e. The van der Waals surface area contributed by atoms with E-state index in [1.54, 1.807) is 29.4 Å². The Morgan fingerprint density at radius 2 is 2.08 bits per heavy atom. The Hall–Kier alpha value is -2.48. The maximum Gasteiger partial charge on any atom is 0.321 e. The van der Waals surface area contributed by atoms with Gasteiger partial charge in [0.1, 0.15) is 0 Å². The minimum absolute atomic E-state index is 0.0780. The molecular formula is C16H19N5O2S. The van der Waals surface area contributed by atoms with Gasteiger partial charge in [0.2, 0.25) is 5.91 Å². The Balaban J connectivity index is 1.57. The quantitative estimate of drug-likeness (QED) is 0.895. The second kappa shape index (κ2) is 7.39. The number of hydrogen-bond donors (Lipinski definition) is 2. The smallest absolute Gasteiger partial charge is 0.321 e. The number of likely N-dealkylation sites (tertiary alicyclic amines) is 1. The first-order valence-corrected chi connectivity index (χ1v) is 8.69. The number of piperidine rings is 1. The van der Waals surface area contributed by atoms with Crippen molar-refractivity contribution in [1.29, 1.82) is 0 Å². The van der Waals surface area contributed by atoms with Crippen LogP contribution in [0.1, 0.15) is 18.5 Å². The molecule has 0 aromatic carbocycles. The van der Waals surface area contributed by atoms with Gasteiger partial charge in [-0.2, -0.15) is 0 Å². The summed E-state index contributed by atoms with van der Waals surface area (Å²) < 4.78 is 0. The van der Waals surface area contributed by atoms with Gasteiger partial charge in [-0.25, -0.2) is 9.78 Å². The predicted octanol–water partition coefficient (Wildman–Crippen LogP) is 2.73. The van der Waals surface area contributed by atoms with Crippen LogP contribution in [-0.4, -0.2) is 39.9 Å². The van der Waals surface area contributed by atoms with E-state index in [4.69, 9.17) is 0 Å². The van der Waals surface area contributed by atoms with Crippen LogP contribution in [0, 0.1) is 12.8 Å². The molecule has 8 heteroatoms. The summed E-state index contributed by atoms with van der Waals surface area (Å²) >= 11 is 1.41. The van der Waals surface area contributed by atoms with Crippen molar-refractivity contribution in [2.45, 2.75) is 19.8 Å². The van der Waals surface area contributed by atoms with Gasteiger partial charge >= 0.3 is 6.03 Å². The van der Waals surface area contributed by atoms with Crippen LogP contribution in [0.15, 0.2) is 29.9 Å². The van der Waals surface area contributed by atoms with Crippen LogP contribution >= 0.6 is 11.3 Å². The second-order valence-corrected chi connectivity index (χ2v) is 6.59. The van der Waals surface area contributed by atoms with Crippen LogP contribution in [0.2, 0.25) is 0 Å². The second-order valence-electron chi connectivity index (χ2n) is 5.73. The molecule has 7 nitrogen and oxygen atoms in total. The lowest BCUT2D eigenvalue weighted by Crippen LogP contribution is -2.45. The minimum atomic E-state index is -0.217. The molecule has 2 aromatic heterocycles. The average Bonchev–Trinajstić information content (AvgIpc) is 3.00. The number of aryl methyl sites for hydroxylation is 1. The zero-order chi connectivity index (χ0) is 16.9. The third kappa shape index (κ3) is 4.08. The van der Waals surface area contributed by atoms with Crippen LogP contribution in [0.4, 0.5) is 15.6 Å². The highest BCUT2D eigenvalue weighted by atomic mass is 32.1. The van der Waals surface area contributed by atoms with Gasteiger partial charge in [0.25, 0.3) is 0 Å². The van der Waals surface area contributed by atoms with Crippen LogP contribution in [0.3, 0.4) is 0 Å². The molecule has 0 bridgehead atoms. The Morgan fingerprint density at radius 3 is 2.79 bits per heavy atom. The molecule has 1 aliphatic heterocycles. The highest BCUT2D eigenvalue weighted by Gasteiger charge is 2.28. The third-order valence-corrected chi connectivity index (χ3v) is 4.74. The maximum atomic E-state index is 12.4. The van der Waals surface area contributed by atoms with Gasteiger partial charge in [-0.05, 0) is 31.9 Å². The van der Waals surface area contributed by atoms with E-state index < -0.39 is 0 Å². The Morgan fingerprint density at radius 1 is 1.29 bits per heavy atom. The van der Waals surface area contributed by atoms with E-state index in [0.717, 1.165) is 18.5 Å². The van der Waals surface area contributed by atoms with Gasteiger partial charge in [-0.1, -0.05) is 0 Å². The Kier molecular flexibility index (Phi) is 5.05. The van der Waals surface area contributed by atoms with Crippen LogP contribution in [0.25, 0.3) is 0 Å². The van der Waals surface area contributed by atoms with Gasteiger partial charge in [0.15, 0.2) is 5.13 Å². The lowest BCUT2D eigenvalue weighted by Gasteiger charge is -2.31. The van der Waals surface area contributed by atoms with Crippen molar-refractivity contribution < 1.29 is 9.59 Å². The van der Waals surface area contributed by atoms with Gasteiger partial charge in [0, 0.05) is 36.6 Å². The van der Waals surface area contributed by atoms with Crippen LogP contribution in [0.5, 0.6) is 0 Å². The number of aromatic nitrogens is 2. The molecule has 126 valence electrons. The molecule has 1 unspecified atom stereocenters. The molecule has 1 aliphatic rings. The fourth-order valence-corrected chi connectivity index (χ4v) is 3.32. The number of thiazole rings is 1. The average molecular weight is 345 g/mol. The fourth-order valence-electron chi connectivity index (χ4n) is 2.63. The number of anilines is 2. The zero-order valence-corrected chi connectivity index (χ0v) is 14.2. The van der Waals surface area contributed by atoms with E-state index >= 15 is 0 Å². The number of carbonyl (C=O) groups is 2. The number of hydrogen-bond acceptors (Lipinski definition) is 5. The summed E-state index contributed by atoms with van der Waals surface area (Å²) in [6, 6.07) is 3.28. The summed E-state index contributed by atoms with van der Waals surface area (Å²) in [5.74, 6) is -0.295. The highest BCUT2D eigenvalue weighted by Crippen LogP contribution is 2.21. The van der Waals surface area contributed by atoms with E-state index in [0.29, 0.717) is 23.9 Å². The van der Waals surface area contributed by atoms with Gasteiger partial charge in [-0.15, -0.1) is 11.3 Å². The molecule has 3 heterocycles. The molecule has 1 fully saturated rings. The molecule has 1 atom stereocenters. The van der Waals surface area contributed by atoms with E-state index in [-0.39, 0.29) is 17.9 Å². The van der Waals surface area contributed by atoms with Crippen molar-refractivity contribution in [2.24, 2.45) is 5.92 Å². The van der Waals surface area contributed by atoms with Gasteiger partial charge in [-0.3, -0.25) is 9.78 Å². The predicted molar refractivity (Wildman–Crippen MR) is 93.0 cm³/mol. The summed E-state index contributed by atoms with van der Waals surface area (Å²) in [6.07, 6.45) is 4.82. The van der Waals surface area contributed by atoms with E-state index in [9.17, 15) is 9.59 Å². The van der Waals surface area contributed by atoms with Gasteiger partial charge in [0.05, 0.1) is 11.6 Å². The molecule has 1 saturated heterocycles. The number of urea groups is 1. The molecule has 3 rings (SSSR count). The Labute approximate surface area is 144 Å². The van der Waals surface area contributed by atoms with E-state index in [1.165, 1.54) is 11.3 Å². The van der Waals surface area contributed by atoms with Crippen molar-refractivity contribution in [3.8, 4) is 0 Å². The van der Waals surface area contributed by atoms with Gasteiger partial charge < -0.3 is 15.5 Å². The monoisotopic (exact) mass is 345 g/mol.